The molecule has 2 aromatic carbocycles. The first-order chi connectivity index (χ1) is 15.4. The van der Waals surface area contributed by atoms with E-state index in [1.807, 2.05) is 54.9 Å². The van der Waals surface area contributed by atoms with Crippen molar-refractivity contribution >= 4 is 28.9 Å². The molecule has 1 aromatic heterocycles. The van der Waals surface area contributed by atoms with Gasteiger partial charge in [-0.3, -0.25) is 14.5 Å². The number of aromatic nitrogens is 2. The topological polar surface area (TPSA) is 96.3 Å². The van der Waals surface area contributed by atoms with E-state index in [0.717, 1.165) is 39.9 Å². The zero-order chi connectivity index (χ0) is 22.3. The second kappa shape index (κ2) is 7.78. The lowest BCUT2D eigenvalue weighted by Gasteiger charge is -2.20. The zero-order valence-electron chi connectivity index (χ0n) is 17.9. The number of carbonyl (C=O) groups is 3. The maximum atomic E-state index is 12.6. The minimum atomic E-state index is -0.867. The monoisotopic (exact) mass is 431 g/mol. The Morgan fingerprint density at radius 1 is 1.12 bits per heavy atom. The molecule has 5 rings (SSSR count). The summed E-state index contributed by atoms with van der Waals surface area (Å²) in [5.74, 6) is -0.495. The summed E-state index contributed by atoms with van der Waals surface area (Å²) in [7, 11) is 0. The van der Waals surface area contributed by atoms with E-state index in [4.69, 9.17) is 0 Å². The fourth-order valence-corrected chi connectivity index (χ4v) is 4.29. The molecule has 0 radical (unpaired) electrons. The van der Waals surface area contributed by atoms with E-state index in [1.54, 1.807) is 6.92 Å². The molecule has 3 aromatic rings. The van der Waals surface area contributed by atoms with Crippen molar-refractivity contribution in [1.29, 1.82) is 0 Å². The smallest absolute Gasteiger partial charge is 0.325 e. The van der Waals surface area contributed by atoms with Gasteiger partial charge in [0, 0.05) is 13.1 Å². The third kappa shape index (κ3) is 3.72. The Morgan fingerprint density at radius 3 is 2.59 bits per heavy atom. The van der Waals surface area contributed by atoms with E-state index < -0.39 is 11.6 Å². The van der Waals surface area contributed by atoms with E-state index in [0.29, 0.717) is 13.1 Å². The van der Waals surface area contributed by atoms with Crippen LogP contribution in [-0.4, -0.2) is 44.4 Å². The third-order valence-corrected chi connectivity index (χ3v) is 6.39. The molecule has 8 nitrogen and oxygen atoms in total. The number of para-hydroxylation sites is 2. The van der Waals surface area contributed by atoms with Gasteiger partial charge in [-0.05, 0) is 48.9 Å². The Bertz CT molecular complexity index is 1200. The number of fused-ring (bicyclic) bond motifs is 1. The average molecular weight is 431 g/mol. The number of rotatable bonds is 7. The molecular weight excluding hydrogens is 406 g/mol. The molecule has 32 heavy (non-hydrogen) atoms. The Kier molecular flexibility index (Phi) is 4.92. The van der Waals surface area contributed by atoms with Crippen LogP contribution in [0.1, 0.15) is 30.9 Å². The summed E-state index contributed by atoms with van der Waals surface area (Å²) >= 11 is 0. The molecule has 8 heteroatoms. The minimum absolute atomic E-state index is 0.172. The maximum Gasteiger partial charge on any atom is 0.325 e. The second-order valence-corrected chi connectivity index (χ2v) is 8.75. The lowest BCUT2D eigenvalue weighted by molar-refractivity contribution is -0.135. The summed E-state index contributed by atoms with van der Waals surface area (Å²) in [5, 5.41) is 5.56. The fraction of sp³-hybridized carbons (Fsp3) is 0.333. The zero-order valence-corrected chi connectivity index (χ0v) is 17.9. The van der Waals surface area contributed by atoms with Gasteiger partial charge in [-0.25, -0.2) is 9.78 Å². The molecule has 164 valence electrons. The quantitative estimate of drug-likeness (QED) is 0.562. The molecule has 1 aliphatic heterocycles. The summed E-state index contributed by atoms with van der Waals surface area (Å²) in [4.78, 5) is 42.6. The number of nitrogens with one attached hydrogen (secondary N) is 2. The molecule has 1 atom stereocenters. The number of imidazole rings is 1. The number of hydrogen-bond acceptors (Lipinski definition) is 4. The standard InChI is InChI=1S/C24H25N5O3/c1-24(18-10-11-18)22(31)29(23(32)27-24)14-21(30)25-12-16-6-8-17(9-7-16)13-28-15-26-19-4-2-3-5-20(19)28/h2-9,15,18H,10-14H2,1H3,(H,25,30)(H,27,32). The van der Waals surface area contributed by atoms with Gasteiger partial charge in [0.1, 0.15) is 12.1 Å². The van der Waals surface area contributed by atoms with Crippen LogP contribution in [0, 0.1) is 5.92 Å². The van der Waals surface area contributed by atoms with Gasteiger partial charge in [0.2, 0.25) is 5.91 Å². The summed E-state index contributed by atoms with van der Waals surface area (Å²) in [6.45, 7) is 2.52. The Labute approximate surface area is 185 Å². The molecule has 2 aliphatic rings. The van der Waals surface area contributed by atoms with Crippen molar-refractivity contribution in [1.82, 2.24) is 25.1 Å². The van der Waals surface area contributed by atoms with Gasteiger partial charge in [-0.1, -0.05) is 36.4 Å². The van der Waals surface area contributed by atoms with Gasteiger partial charge < -0.3 is 15.2 Å². The molecule has 0 bridgehead atoms. The van der Waals surface area contributed by atoms with Crippen LogP contribution in [0.25, 0.3) is 11.0 Å². The molecule has 2 heterocycles. The van der Waals surface area contributed by atoms with Crippen LogP contribution < -0.4 is 10.6 Å². The molecule has 1 saturated carbocycles. The highest BCUT2D eigenvalue weighted by Crippen LogP contribution is 2.42. The first kappa shape index (κ1) is 20.2. The Balaban J connectivity index is 1.15. The van der Waals surface area contributed by atoms with E-state index in [9.17, 15) is 14.4 Å². The van der Waals surface area contributed by atoms with Crippen LogP contribution in [0.5, 0.6) is 0 Å². The number of urea groups is 1. The van der Waals surface area contributed by atoms with Crippen LogP contribution >= 0.6 is 0 Å². The van der Waals surface area contributed by atoms with Crippen molar-refractivity contribution in [3.8, 4) is 0 Å². The van der Waals surface area contributed by atoms with E-state index >= 15 is 0 Å². The number of imide groups is 1. The largest absolute Gasteiger partial charge is 0.350 e. The number of hydrogen-bond donors (Lipinski definition) is 2. The van der Waals surface area contributed by atoms with Crippen molar-refractivity contribution < 1.29 is 14.4 Å². The maximum absolute atomic E-state index is 12.6. The van der Waals surface area contributed by atoms with E-state index in [-0.39, 0.29) is 24.3 Å². The molecule has 0 spiro atoms. The molecule has 4 amide bonds. The fourth-order valence-electron chi connectivity index (χ4n) is 4.29. The van der Waals surface area contributed by atoms with Crippen molar-refractivity contribution in [2.24, 2.45) is 5.92 Å². The molecule has 1 unspecified atom stereocenters. The van der Waals surface area contributed by atoms with Gasteiger partial charge >= 0.3 is 6.03 Å². The van der Waals surface area contributed by atoms with Gasteiger partial charge in [0.15, 0.2) is 0 Å². The highest BCUT2D eigenvalue weighted by molar-refractivity contribution is 6.09. The molecule has 2 fully saturated rings. The SMILES string of the molecule is CC1(C2CC2)NC(=O)N(CC(=O)NCc2ccc(Cn3cnc4ccccc43)cc2)C1=O. The van der Waals surface area contributed by atoms with E-state index in [2.05, 4.69) is 20.2 Å². The molecule has 1 aliphatic carbocycles. The van der Waals surface area contributed by atoms with Crippen molar-refractivity contribution in [2.45, 2.75) is 38.4 Å². The highest BCUT2D eigenvalue weighted by atomic mass is 16.2. The number of nitrogens with zero attached hydrogens (tertiary/aromatic N) is 3. The normalized spacial score (nSPS) is 20.6. The van der Waals surface area contributed by atoms with Crippen molar-refractivity contribution in [3.05, 3.63) is 66.0 Å². The predicted molar refractivity (Wildman–Crippen MR) is 118 cm³/mol. The lowest BCUT2D eigenvalue weighted by atomic mass is 9.96. The van der Waals surface area contributed by atoms with Crippen LogP contribution in [-0.2, 0) is 22.7 Å². The Morgan fingerprint density at radius 2 is 1.84 bits per heavy atom. The summed E-state index contributed by atoms with van der Waals surface area (Å²) in [6, 6.07) is 15.5. The molecule has 1 saturated heterocycles. The predicted octanol–water partition coefficient (Wildman–Crippen LogP) is 2.42. The summed E-state index contributed by atoms with van der Waals surface area (Å²) < 4.78 is 2.10. The van der Waals surface area contributed by atoms with Crippen molar-refractivity contribution in [2.75, 3.05) is 6.54 Å². The molecule has 2 N–H and O–H groups in total. The van der Waals surface area contributed by atoms with Crippen LogP contribution in [0.3, 0.4) is 0 Å². The lowest BCUT2D eigenvalue weighted by Crippen LogP contribution is -2.46. The van der Waals surface area contributed by atoms with Crippen LogP contribution in [0.2, 0.25) is 0 Å². The van der Waals surface area contributed by atoms with Crippen LogP contribution in [0.15, 0.2) is 54.9 Å². The first-order valence-electron chi connectivity index (χ1n) is 10.8. The summed E-state index contributed by atoms with van der Waals surface area (Å²) in [5.41, 5.74) is 3.25. The van der Waals surface area contributed by atoms with Gasteiger partial charge in [0.05, 0.1) is 17.4 Å². The summed E-state index contributed by atoms with van der Waals surface area (Å²) in [6.07, 6.45) is 3.69. The Hall–Kier alpha value is -3.68. The molecular formula is C24H25N5O3. The van der Waals surface area contributed by atoms with E-state index in [1.165, 1.54) is 0 Å². The minimum Gasteiger partial charge on any atom is -0.350 e. The highest BCUT2D eigenvalue weighted by Gasteiger charge is 2.56. The van der Waals surface area contributed by atoms with Crippen LogP contribution in [0.4, 0.5) is 4.79 Å². The van der Waals surface area contributed by atoms with Gasteiger partial charge in [-0.15, -0.1) is 0 Å². The third-order valence-electron chi connectivity index (χ3n) is 6.39. The number of amides is 4. The van der Waals surface area contributed by atoms with Gasteiger partial charge in [0.25, 0.3) is 5.91 Å². The second-order valence-electron chi connectivity index (χ2n) is 8.75. The van der Waals surface area contributed by atoms with Crippen molar-refractivity contribution in [3.63, 3.8) is 0 Å². The number of carbonyl (C=O) groups excluding carboxylic acids is 3. The number of benzene rings is 2. The van der Waals surface area contributed by atoms with Gasteiger partial charge in [-0.2, -0.15) is 0 Å². The first-order valence-corrected chi connectivity index (χ1v) is 10.8. The average Bonchev–Trinajstić information content (AvgIpc) is 3.55.